The summed E-state index contributed by atoms with van der Waals surface area (Å²) in [6.45, 7) is 0.743. The lowest BCUT2D eigenvalue weighted by Crippen LogP contribution is -2.28. The topological polar surface area (TPSA) is 26.0 Å². The summed E-state index contributed by atoms with van der Waals surface area (Å²) in [4.78, 5) is 0. The van der Waals surface area contributed by atoms with E-state index in [4.69, 9.17) is 5.73 Å². The molecule has 1 rings (SSSR count). The Balaban J connectivity index is 3.19. The number of benzene rings is 1. The van der Waals surface area contributed by atoms with Crippen LogP contribution in [0.25, 0.3) is 0 Å². The Morgan fingerprint density at radius 1 is 1.33 bits per heavy atom. The molecule has 0 saturated heterocycles. The Bertz CT molecular complexity index is 346. The van der Waals surface area contributed by atoms with Crippen LogP contribution in [0.2, 0.25) is 0 Å². The van der Waals surface area contributed by atoms with Gasteiger partial charge in [0.2, 0.25) is 0 Å². The number of alkyl halides is 3. The highest BCUT2D eigenvalue weighted by atomic mass is 19.4. The van der Waals surface area contributed by atoms with Gasteiger partial charge in [-0.05, 0) is 24.1 Å². The molecule has 0 fully saturated rings. The highest BCUT2D eigenvalue weighted by molar-refractivity contribution is 5.31. The third kappa shape index (κ3) is 2.47. The fourth-order valence-corrected chi connectivity index (χ4v) is 1.44. The lowest BCUT2D eigenvalue weighted by molar-refractivity contribution is -0.148. The molecule has 0 spiro atoms. The molecule has 0 aromatic heterocycles. The van der Waals surface area contributed by atoms with Crippen molar-refractivity contribution in [2.24, 2.45) is 5.73 Å². The van der Waals surface area contributed by atoms with E-state index in [0.29, 0.717) is 0 Å². The van der Waals surface area contributed by atoms with Crippen LogP contribution < -0.4 is 5.73 Å². The number of halogens is 4. The van der Waals surface area contributed by atoms with Gasteiger partial charge in [0.15, 0.2) is 0 Å². The number of hydrogen-bond acceptors (Lipinski definition) is 1. The van der Waals surface area contributed by atoms with Gasteiger partial charge in [0, 0.05) is 6.54 Å². The van der Waals surface area contributed by atoms with Crippen molar-refractivity contribution in [2.45, 2.75) is 19.0 Å². The van der Waals surface area contributed by atoms with Crippen molar-refractivity contribution in [3.05, 3.63) is 35.1 Å². The van der Waals surface area contributed by atoms with E-state index in [2.05, 4.69) is 0 Å². The van der Waals surface area contributed by atoms with E-state index in [1.54, 1.807) is 0 Å². The van der Waals surface area contributed by atoms with Crippen LogP contribution in [0.1, 0.15) is 17.0 Å². The number of nitrogens with two attached hydrogens (primary N) is 1. The summed E-state index contributed by atoms with van der Waals surface area (Å²) in [5, 5.41) is 0. The Kier molecular flexibility index (Phi) is 3.34. The molecule has 5 heteroatoms. The zero-order valence-corrected chi connectivity index (χ0v) is 8.11. The molecule has 15 heavy (non-hydrogen) atoms. The molecule has 1 aromatic carbocycles. The van der Waals surface area contributed by atoms with Crippen molar-refractivity contribution in [3.8, 4) is 0 Å². The van der Waals surface area contributed by atoms with E-state index in [-0.39, 0.29) is 11.1 Å². The molecular weight excluding hydrogens is 210 g/mol. The van der Waals surface area contributed by atoms with Crippen LogP contribution in [0.15, 0.2) is 18.2 Å². The average molecular weight is 221 g/mol. The maximum Gasteiger partial charge on any atom is 0.396 e. The van der Waals surface area contributed by atoms with E-state index in [1.807, 2.05) is 0 Å². The first-order valence-electron chi connectivity index (χ1n) is 4.39. The van der Waals surface area contributed by atoms with E-state index >= 15 is 0 Å². The zero-order chi connectivity index (χ0) is 11.6. The number of hydrogen-bond donors (Lipinski definition) is 1. The van der Waals surface area contributed by atoms with Gasteiger partial charge in [0.05, 0.1) is 5.92 Å². The smallest absolute Gasteiger partial charge is 0.330 e. The first-order valence-corrected chi connectivity index (χ1v) is 4.39. The van der Waals surface area contributed by atoms with Crippen LogP contribution in [0.4, 0.5) is 17.6 Å². The molecule has 2 N–H and O–H groups in total. The highest BCUT2D eigenvalue weighted by Gasteiger charge is 2.40. The minimum atomic E-state index is -4.44. The van der Waals surface area contributed by atoms with Crippen LogP contribution in [-0.2, 0) is 0 Å². The molecule has 1 atom stereocenters. The first-order chi connectivity index (χ1) is 6.88. The van der Waals surface area contributed by atoms with Crippen molar-refractivity contribution in [2.75, 3.05) is 6.54 Å². The largest absolute Gasteiger partial charge is 0.396 e. The molecule has 0 heterocycles. The van der Waals surface area contributed by atoms with Gasteiger partial charge in [-0.2, -0.15) is 13.2 Å². The molecule has 1 nitrogen and oxygen atoms in total. The second-order valence-electron chi connectivity index (χ2n) is 3.28. The summed E-state index contributed by atoms with van der Waals surface area (Å²) >= 11 is 0. The SMILES string of the molecule is Cc1c(F)cccc1C(CN)C(F)(F)F. The molecule has 0 aliphatic rings. The molecule has 1 unspecified atom stereocenters. The van der Waals surface area contributed by atoms with Crippen molar-refractivity contribution in [1.82, 2.24) is 0 Å². The van der Waals surface area contributed by atoms with E-state index in [0.717, 1.165) is 6.07 Å². The van der Waals surface area contributed by atoms with Crippen molar-refractivity contribution < 1.29 is 17.6 Å². The Hall–Kier alpha value is -1.10. The zero-order valence-electron chi connectivity index (χ0n) is 8.11. The predicted molar refractivity (Wildman–Crippen MR) is 49.0 cm³/mol. The molecule has 84 valence electrons. The lowest BCUT2D eigenvalue weighted by Gasteiger charge is -2.20. The Labute approximate surface area is 84.9 Å². The summed E-state index contributed by atoms with van der Waals surface area (Å²) in [7, 11) is 0. The second-order valence-corrected chi connectivity index (χ2v) is 3.28. The quantitative estimate of drug-likeness (QED) is 0.763. The van der Waals surface area contributed by atoms with Crippen LogP contribution in [0.3, 0.4) is 0 Å². The summed E-state index contributed by atoms with van der Waals surface area (Å²) < 4.78 is 50.6. The van der Waals surface area contributed by atoms with Crippen molar-refractivity contribution in [3.63, 3.8) is 0 Å². The van der Waals surface area contributed by atoms with E-state index < -0.39 is 24.5 Å². The standard InChI is InChI=1S/C10H11F4N/c1-6-7(3-2-4-9(6)11)8(5-15)10(12,13)14/h2-4,8H,5,15H2,1H3. The fraction of sp³-hybridized carbons (Fsp3) is 0.400. The Morgan fingerprint density at radius 2 is 1.93 bits per heavy atom. The van der Waals surface area contributed by atoms with Crippen LogP contribution in [0.5, 0.6) is 0 Å². The van der Waals surface area contributed by atoms with Gasteiger partial charge in [-0.15, -0.1) is 0 Å². The first kappa shape index (κ1) is 12.0. The van der Waals surface area contributed by atoms with Gasteiger partial charge in [-0.1, -0.05) is 12.1 Å². The van der Waals surface area contributed by atoms with Crippen molar-refractivity contribution in [1.29, 1.82) is 0 Å². The minimum absolute atomic E-state index is 0.00488. The minimum Gasteiger partial charge on any atom is -0.330 e. The van der Waals surface area contributed by atoms with Crippen molar-refractivity contribution >= 4 is 0 Å². The maximum absolute atomic E-state index is 13.1. The van der Waals surface area contributed by atoms with Gasteiger partial charge in [0.25, 0.3) is 0 Å². The summed E-state index contributed by atoms with van der Waals surface area (Å²) in [6.07, 6.45) is -4.44. The summed E-state index contributed by atoms with van der Waals surface area (Å²) in [6, 6.07) is 3.64. The van der Waals surface area contributed by atoms with E-state index in [9.17, 15) is 17.6 Å². The molecule has 0 aliphatic carbocycles. The maximum atomic E-state index is 13.1. The Morgan fingerprint density at radius 3 is 2.40 bits per heavy atom. The highest BCUT2D eigenvalue weighted by Crippen LogP contribution is 2.35. The lowest BCUT2D eigenvalue weighted by atomic mass is 9.94. The van der Waals surface area contributed by atoms with Gasteiger partial charge in [-0.3, -0.25) is 0 Å². The normalized spacial score (nSPS) is 14.0. The second kappa shape index (κ2) is 4.18. The average Bonchev–Trinajstić information content (AvgIpc) is 2.11. The third-order valence-electron chi connectivity index (χ3n) is 2.32. The predicted octanol–water partition coefficient (Wildman–Crippen LogP) is 2.74. The fourth-order valence-electron chi connectivity index (χ4n) is 1.44. The molecule has 1 aromatic rings. The third-order valence-corrected chi connectivity index (χ3v) is 2.32. The van der Waals surface area contributed by atoms with Gasteiger partial charge in [-0.25, -0.2) is 4.39 Å². The number of rotatable bonds is 2. The van der Waals surface area contributed by atoms with Crippen LogP contribution in [-0.4, -0.2) is 12.7 Å². The van der Waals surface area contributed by atoms with Crippen LogP contribution >= 0.6 is 0 Å². The summed E-state index contributed by atoms with van der Waals surface area (Å²) in [5.74, 6) is -2.44. The van der Waals surface area contributed by atoms with Crippen LogP contribution in [0, 0.1) is 12.7 Å². The molecular formula is C10H11F4N. The molecule has 0 saturated carbocycles. The molecule has 0 aliphatic heterocycles. The monoisotopic (exact) mass is 221 g/mol. The van der Waals surface area contributed by atoms with Gasteiger partial charge >= 0.3 is 6.18 Å². The molecule has 0 bridgehead atoms. The van der Waals surface area contributed by atoms with E-state index in [1.165, 1.54) is 19.1 Å². The van der Waals surface area contributed by atoms with Gasteiger partial charge in [0.1, 0.15) is 5.82 Å². The molecule has 0 amide bonds. The summed E-state index contributed by atoms with van der Waals surface area (Å²) in [5.41, 5.74) is 4.98. The van der Waals surface area contributed by atoms with Gasteiger partial charge < -0.3 is 5.73 Å². The molecule has 0 radical (unpaired) electrons.